The smallest absolute Gasteiger partial charge is 0.331 e. The number of nitro benzene ring substituents is 1. The lowest BCUT2D eigenvalue weighted by Crippen LogP contribution is -2.29. The molecule has 0 fully saturated rings. The second kappa shape index (κ2) is 9.30. The molecule has 0 saturated heterocycles. The Hall–Kier alpha value is -3.70. The highest BCUT2D eigenvalue weighted by Crippen LogP contribution is 2.20. The van der Waals surface area contributed by atoms with Crippen LogP contribution in [0, 0.1) is 21.4 Å². The fourth-order valence-corrected chi connectivity index (χ4v) is 2.32. The minimum absolute atomic E-state index is 0.107. The maximum absolute atomic E-state index is 12.1. The molecule has 0 aromatic heterocycles. The third-order valence-electron chi connectivity index (χ3n) is 3.51. The number of nitro groups is 1. The van der Waals surface area contributed by atoms with Crippen LogP contribution in [0.5, 0.6) is 0 Å². The van der Waals surface area contributed by atoms with Crippen molar-refractivity contribution in [2.75, 3.05) is 5.32 Å². The summed E-state index contributed by atoms with van der Waals surface area (Å²) in [4.78, 5) is 34.2. The van der Waals surface area contributed by atoms with Gasteiger partial charge in [-0.3, -0.25) is 14.9 Å². The van der Waals surface area contributed by atoms with Crippen LogP contribution in [0.25, 0.3) is 6.08 Å². The van der Waals surface area contributed by atoms with Crippen molar-refractivity contribution in [3.63, 3.8) is 0 Å². The number of halogens is 1. The van der Waals surface area contributed by atoms with E-state index in [1.807, 2.05) is 6.07 Å². The summed E-state index contributed by atoms with van der Waals surface area (Å²) < 4.78 is 5.00. The second-order valence-corrected chi connectivity index (χ2v) is 5.97. The molecular formula is C19H14ClN3O5. The Labute approximate surface area is 165 Å². The highest BCUT2D eigenvalue weighted by molar-refractivity contribution is 6.32. The molecule has 2 aromatic rings. The molecule has 2 aromatic carbocycles. The molecule has 0 saturated carbocycles. The highest BCUT2D eigenvalue weighted by Gasteiger charge is 2.17. The van der Waals surface area contributed by atoms with Crippen molar-refractivity contribution in [3.05, 3.63) is 74.8 Å². The van der Waals surface area contributed by atoms with E-state index < -0.39 is 22.9 Å². The second-order valence-electron chi connectivity index (χ2n) is 5.56. The first-order valence-electron chi connectivity index (χ1n) is 7.94. The first kappa shape index (κ1) is 20.6. The van der Waals surface area contributed by atoms with Gasteiger partial charge in [-0.1, -0.05) is 23.7 Å². The van der Waals surface area contributed by atoms with Crippen molar-refractivity contribution < 1.29 is 19.2 Å². The number of hydrogen-bond donors (Lipinski definition) is 1. The van der Waals surface area contributed by atoms with E-state index in [0.29, 0.717) is 11.3 Å². The highest BCUT2D eigenvalue weighted by atomic mass is 35.5. The number of nitriles is 1. The number of carbonyl (C=O) groups is 2. The zero-order valence-corrected chi connectivity index (χ0v) is 15.3. The molecule has 1 atom stereocenters. The summed E-state index contributed by atoms with van der Waals surface area (Å²) in [7, 11) is 0. The van der Waals surface area contributed by atoms with Crippen molar-refractivity contribution in [3.8, 4) is 6.07 Å². The number of amides is 1. The number of anilines is 1. The normalized spacial score (nSPS) is 11.5. The van der Waals surface area contributed by atoms with Crippen molar-refractivity contribution in [2.45, 2.75) is 13.0 Å². The summed E-state index contributed by atoms with van der Waals surface area (Å²) in [5.74, 6) is -1.37. The van der Waals surface area contributed by atoms with Crippen LogP contribution in [-0.4, -0.2) is 22.9 Å². The number of hydrogen-bond acceptors (Lipinski definition) is 6. The van der Waals surface area contributed by atoms with Gasteiger partial charge in [0, 0.05) is 23.9 Å². The maximum Gasteiger partial charge on any atom is 0.331 e. The van der Waals surface area contributed by atoms with Crippen LogP contribution in [-0.2, 0) is 14.3 Å². The van der Waals surface area contributed by atoms with Gasteiger partial charge in [0.1, 0.15) is 6.07 Å². The SMILES string of the molecule is CC(OC(=O)/C=C/c1cccc([N+](=O)[O-])c1)C(=O)Nc1ccc(C#N)c(Cl)c1. The van der Waals surface area contributed by atoms with Gasteiger partial charge in [-0.2, -0.15) is 5.26 Å². The molecular weight excluding hydrogens is 386 g/mol. The van der Waals surface area contributed by atoms with Crippen molar-refractivity contribution in [1.82, 2.24) is 0 Å². The number of rotatable bonds is 6. The molecule has 0 spiro atoms. The first-order valence-corrected chi connectivity index (χ1v) is 8.31. The number of non-ortho nitro benzene ring substituents is 1. The van der Waals surface area contributed by atoms with E-state index in [9.17, 15) is 19.7 Å². The van der Waals surface area contributed by atoms with E-state index in [0.717, 1.165) is 6.08 Å². The van der Waals surface area contributed by atoms with Gasteiger partial charge in [0.2, 0.25) is 0 Å². The van der Waals surface area contributed by atoms with E-state index in [-0.39, 0.29) is 16.3 Å². The number of nitrogens with one attached hydrogen (secondary N) is 1. The standard InChI is InChI=1S/C19H14ClN3O5/c1-12(19(25)22-15-7-6-14(11-21)17(20)10-15)28-18(24)8-5-13-3-2-4-16(9-13)23(26)27/h2-10,12H,1H3,(H,22,25)/b8-5+. The van der Waals surface area contributed by atoms with Crippen LogP contribution in [0.1, 0.15) is 18.1 Å². The summed E-state index contributed by atoms with van der Waals surface area (Å²) in [6.07, 6.45) is 1.32. The third kappa shape index (κ3) is 5.65. The number of esters is 1. The Kier molecular flexibility index (Phi) is 6.84. The molecule has 1 unspecified atom stereocenters. The molecule has 1 amide bonds. The topological polar surface area (TPSA) is 122 Å². The molecule has 142 valence electrons. The average molecular weight is 400 g/mol. The summed E-state index contributed by atoms with van der Waals surface area (Å²) in [6.45, 7) is 1.39. The minimum atomic E-state index is -1.10. The molecule has 0 heterocycles. The summed E-state index contributed by atoms with van der Waals surface area (Å²) in [6, 6.07) is 12.0. The van der Waals surface area contributed by atoms with E-state index >= 15 is 0 Å². The molecule has 0 aliphatic rings. The Morgan fingerprint density at radius 2 is 2.07 bits per heavy atom. The van der Waals surface area contributed by atoms with E-state index in [1.54, 1.807) is 6.07 Å². The number of benzene rings is 2. The van der Waals surface area contributed by atoms with Crippen molar-refractivity contribution in [1.29, 1.82) is 5.26 Å². The van der Waals surface area contributed by atoms with Gasteiger partial charge in [0.05, 0.1) is 15.5 Å². The summed E-state index contributed by atoms with van der Waals surface area (Å²) >= 11 is 5.90. The van der Waals surface area contributed by atoms with Gasteiger partial charge in [-0.25, -0.2) is 4.79 Å². The third-order valence-corrected chi connectivity index (χ3v) is 3.82. The quantitative estimate of drug-likeness (QED) is 0.342. The maximum atomic E-state index is 12.1. The molecule has 1 N–H and O–H groups in total. The molecule has 9 heteroatoms. The molecule has 28 heavy (non-hydrogen) atoms. The van der Waals surface area contributed by atoms with Crippen molar-refractivity contribution >= 4 is 40.9 Å². The fraction of sp³-hybridized carbons (Fsp3) is 0.105. The van der Waals surface area contributed by atoms with Crippen LogP contribution in [0.15, 0.2) is 48.5 Å². The van der Waals surface area contributed by atoms with Crippen LogP contribution in [0.4, 0.5) is 11.4 Å². The predicted octanol–water partition coefficient (Wildman–Crippen LogP) is 3.70. The van der Waals surface area contributed by atoms with Gasteiger partial charge in [-0.15, -0.1) is 0 Å². The Bertz CT molecular complexity index is 997. The number of nitrogens with zero attached hydrogens (tertiary/aromatic N) is 2. The largest absolute Gasteiger partial charge is 0.449 e. The lowest BCUT2D eigenvalue weighted by Gasteiger charge is -2.12. The van der Waals surface area contributed by atoms with E-state index in [2.05, 4.69) is 5.32 Å². The molecule has 0 bridgehead atoms. The predicted molar refractivity (Wildman–Crippen MR) is 102 cm³/mol. The molecule has 2 rings (SSSR count). The van der Waals surface area contributed by atoms with Crippen LogP contribution in [0.2, 0.25) is 5.02 Å². The lowest BCUT2D eigenvalue weighted by molar-refractivity contribution is -0.384. The lowest BCUT2D eigenvalue weighted by atomic mass is 10.2. The van der Waals surface area contributed by atoms with Crippen LogP contribution < -0.4 is 5.32 Å². The van der Waals surface area contributed by atoms with Gasteiger partial charge in [0.25, 0.3) is 11.6 Å². The zero-order valence-electron chi connectivity index (χ0n) is 14.6. The monoisotopic (exact) mass is 399 g/mol. The first-order chi connectivity index (χ1) is 13.3. The molecule has 0 aliphatic heterocycles. The molecule has 0 aliphatic carbocycles. The molecule has 8 nitrogen and oxygen atoms in total. The van der Waals surface area contributed by atoms with Gasteiger partial charge < -0.3 is 10.1 Å². The summed E-state index contributed by atoms with van der Waals surface area (Å²) in [5, 5.41) is 22.3. The fourth-order valence-electron chi connectivity index (χ4n) is 2.10. The van der Waals surface area contributed by atoms with Crippen LogP contribution >= 0.6 is 11.6 Å². The van der Waals surface area contributed by atoms with Gasteiger partial charge in [-0.05, 0) is 36.8 Å². The van der Waals surface area contributed by atoms with Gasteiger partial charge in [0.15, 0.2) is 6.10 Å². The zero-order chi connectivity index (χ0) is 20.7. The van der Waals surface area contributed by atoms with Crippen molar-refractivity contribution in [2.24, 2.45) is 0 Å². The number of carbonyl (C=O) groups excluding carboxylic acids is 2. The van der Waals surface area contributed by atoms with E-state index in [4.69, 9.17) is 21.6 Å². The van der Waals surface area contributed by atoms with Gasteiger partial charge >= 0.3 is 5.97 Å². The minimum Gasteiger partial charge on any atom is -0.449 e. The Morgan fingerprint density at radius 3 is 2.71 bits per heavy atom. The van der Waals surface area contributed by atoms with Crippen LogP contribution in [0.3, 0.4) is 0 Å². The average Bonchev–Trinajstić information content (AvgIpc) is 2.66. The van der Waals surface area contributed by atoms with E-state index in [1.165, 1.54) is 49.4 Å². The summed E-state index contributed by atoms with van der Waals surface area (Å²) in [5.41, 5.74) is 0.953. The molecule has 0 radical (unpaired) electrons. The Balaban J connectivity index is 1.95. The Morgan fingerprint density at radius 1 is 1.32 bits per heavy atom. The number of ether oxygens (including phenoxy) is 1.